The lowest BCUT2D eigenvalue weighted by atomic mass is 9.88. The van der Waals surface area contributed by atoms with Gasteiger partial charge in [0.15, 0.2) is 0 Å². The van der Waals surface area contributed by atoms with Gasteiger partial charge in [-0.25, -0.2) is 0 Å². The van der Waals surface area contributed by atoms with Crippen LogP contribution in [0.3, 0.4) is 0 Å². The summed E-state index contributed by atoms with van der Waals surface area (Å²) in [7, 11) is 0. The number of fused-ring (bicyclic) bond motifs is 1. The molecule has 0 aromatic heterocycles. The monoisotopic (exact) mass is 236 g/mol. The molecule has 0 radical (unpaired) electrons. The van der Waals surface area contributed by atoms with Gasteiger partial charge in [-0.15, -0.1) is 5.73 Å². The Hall–Kier alpha value is -1.78. The average Bonchev–Trinajstić information content (AvgIpc) is 2.34. The van der Waals surface area contributed by atoms with Gasteiger partial charge in [-0.05, 0) is 46.4 Å². The fourth-order valence-corrected chi connectivity index (χ4v) is 1.71. The second kappa shape index (κ2) is 4.84. The minimum atomic E-state index is 0.188. The molecule has 0 bridgehead atoms. The molecule has 0 amide bonds. The van der Waals surface area contributed by atoms with Gasteiger partial charge in [-0.2, -0.15) is 0 Å². The van der Waals surface area contributed by atoms with Crippen LogP contribution in [0.25, 0.3) is 16.8 Å². The van der Waals surface area contributed by atoms with Crippen molar-refractivity contribution in [3.05, 3.63) is 59.3 Å². The van der Waals surface area contributed by atoms with Crippen LogP contribution >= 0.6 is 0 Å². The van der Waals surface area contributed by atoms with E-state index in [4.69, 9.17) is 0 Å². The van der Waals surface area contributed by atoms with Crippen molar-refractivity contribution in [2.75, 3.05) is 0 Å². The Kier molecular flexibility index (Phi) is 3.41. The third-order valence-electron chi connectivity index (χ3n) is 3.35. The lowest BCUT2D eigenvalue weighted by Crippen LogP contribution is -2.04. The smallest absolute Gasteiger partial charge is 0.00999 e. The highest BCUT2D eigenvalue weighted by Crippen LogP contribution is 2.23. The SMILES string of the molecule is CC(=C=Cc1ccc2ccccc2c1)C(C)(C)C. The van der Waals surface area contributed by atoms with E-state index in [2.05, 4.69) is 82.0 Å². The van der Waals surface area contributed by atoms with Gasteiger partial charge in [0.05, 0.1) is 0 Å². The highest BCUT2D eigenvalue weighted by Gasteiger charge is 2.11. The summed E-state index contributed by atoms with van der Waals surface area (Å²) in [5.74, 6) is 0. The van der Waals surface area contributed by atoms with Crippen LogP contribution in [0.15, 0.2) is 53.8 Å². The van der Waals surface area contributed by atoms with Gasteiger partial charge in [0.2, 0.25) is 0 Å². The number of benzene rings is 2. The standard InChI is InChI=1S/C18H20/c1-14(18(2,3)4)9-10-15-11-12-16-7-5-6-8-17(16)13-15/h5-8,10-13H,1-4H3. The van der Waals surface area contributed by atoms with Crippen LogP contribution in [-0.4, -0.2) is 0 Å². The van der Waals surface area contributed by atoms with Crippen molar-refractivity contribution in [2.45, 2.75) is 27.7 Å². The zero-order valence-corrected chi connectivity index (χ0v) is 11.6. The molecule has 0 atom stereocenters. The number of allylic oxidation sites excluding steroid dienone is 1. The fourth-order valence-electron chi connectivity index (χ4n) is 1.71. The molecule has 0 aliphatic carbocycles. The molecule has 0 heterocycles. The first-order chi connectivity index (χ1) is 8.47. The van der Waals surface area contributed by atoms with Crippen LogP contribution in [0, 0.1) is 5.41 Å². The van der Waals surface area contributed by atoms with Crippen LogP contribution < -0.4 is 0 Å². The Morgan fingerprint density at radius 2 is 1.67 bits per heavy atom. The van der Waals surface area contributed by atoms with Gasteiger partial charge in [0.1, 0.15) is 0 Å². The van der Waals surface area contributed by atoms with E-state index >= 15 is 0 Å². The Bertz CT molecular complexity index is 618. The van der Waals surface area contributed by atoms with Gasteiger partial charge in [0.25, 0.3) is 0 Å². The molecule has 0 aliphatic rings. The van der Waals surface area contributed by atoms with E-state index in [1.54, 1.807) is 0 Å². The highest BCUT2D eigenvalue weighted by molar-refractivity contribution is 5.84. The van der Waals surface area contributed by atoms with Gasteiger partial charge in [-0.3, -0.25) is 0 Å². The minimum Gasteiger partial charge on any atom is -0.121 e. The van der Waals surface area contributed by atoms with Crippen LogP contribution in [0.2, 0.25) is 0 Å². The van der Waals surface area contributed by atoms with Crippen LogP contribution in [0.4, 0.5) is 0 Å². The zero-order chi connectivity index (χ0) is 13.2. The van der Waals surface area contributed by atoms with E-state index in [-0.39, 0.29) is 5.41 Å². The first-order valence-electron chi connectivity index (χ1n) is 6.39. The van der Waals surface area contributed by atoms with Crippen molar-refractivity contribution in [1.82, 2.24) is 0 Å². The second-order valence-electron chi connectivity index (χ2n) is 5.77. The molecule has 0 heteroatoms. The van der Waals surface area contributed by atoms with Gasteiger partial charge < -0.3 is 0 Å². The van der Waals surface area contributed by atoms with E-state index in [1.807, 2.05) is 0 Å². The van der Waals surface area contributed by atoms with Crippen molar-refractivity contribution in [3.8, 4) is 0 Å². The predicted octanol–water partition coefficient (Wildman–Crippen LogP) is 5.44. The molecule has 0 saturated carbocycles. The quantitative estimate of drug-likeness (QED) is 0.578. The van der Waals surface area contributed by atoms with E-state index < -0.39 is 0 Å². The molecule has 0 unspecified atom stereocenters. The number of rotatable bonds is 1. The van der Waals surface area contributed by atoms with E-state index in [1.165, 1.54) is 21.9 Å². The Morgan fingerprint density at radius 1 is 1.00 bits per heavy atom. The van der Waals surface area contributed by atoms with Crippen LogP contribution in [0.1, 0.15) is 33.3 Å². The summed E-state index contributed by atoms with van der Waals surface area (Å²) < 4.78 is 0. The lowest BCUT2D eigenvalue weighted by Gasteiger charge is -2.16. The molecule has 2 aromatic rings. The fraction of sp³-hybridized carbons (Fsp3) is 0.278. The maximum Gasteiger partial charge on any atom is -0.00999 e. The summed E-state index contributed by atoms with van der Waals surface area (Å²) in [4.78, 5) is 0. The second-order valence-corrected chi connectivity index (χ2v) is 5.77. The molecule has 18 heavy (non-hydrogen) atoms. The summed E-state index contributed by atoms with van der Waals surface area (Å²) in [5, 5.41) is 2.56. The summed E-state index contributed by atoms with van der Waals surface area (Å²) in [5.41, 5.74) is 6.06. The summed E-state index contributed by atoms with van der Waals surface area (Å²) >= 11 is 0. The van der Waals surface area contributed by atoms with Crippen molar-refractivity contribution < 1.29 is 0 Å². The van der Waals surface area contributed by atoms with Crippen molar-refractivity contribution in [3.63, 3.8) is 0 Å². The Labute approximate surface area is 110 Å². The zero-order valence-electron chi connectivity index (χ0n) is 11.6. The minimum absolute atomic E-state index is 0.188. The first-order valence-corrected chi connectivity index (χ1v) is 6.39. The average molecular weight is 236 g/mol. The van der Waals surface area contributed by atoms with Crippen LogP contribution in [-0.2, 0) is 0 Å². The highest BCUT2D eigenvalue weighted by atomic mass is 14.1. The van der Waals surface area contributed by atoms with E-state index in [0.717, 1.165) is 0 Å². The molecule has 2 aromatic carbocycles. The summed E-state index contributed by atoms with van der Waals surface area (Å²) in [6.45, 7) is 8.77. The number of hydrogen-bond donors (Lipinski definition) is 0. The van der Waals surface area contributed by atoms with E-state index in [9.17, 15) is 0 Å². The molecular weight excluding hydrogens is 216 g/mol. The molecule has 0 nitrogen and oxygen atoms in total. The van der Waals surface area contributed by atoms with Crippen LogP contribution in [0.5, 0.6) is 0 Å². The summed E-state index contributed by atoms with van der Waals surface area (Å²) in [6.07, 6.45) is 2.08. The largest absolute Gasteiger partial charge is 0.121 e. The van der Waals surface area contributed by atoms with Gasteiger partial charge >= 0.3 is 0 Å². The maximum atomic E-state index is 3.40. The molecule has 0 spiro atoms. The third-order valence-corrected chi connectivity index (χ3v) is 3.35. The van der Waals surface area contributed by atoms with Crippen molar-refractivity contribution in [2.24, 2.45) is 5.41 Å². The first kappa shape index (κ1) is 12.7. The Balaban J connectivity index is 2.41. The van der Waals surface area contributed by atoms with Gasteiger partial charge in [0, 0.05) is 0 Å². The van der Waals surface area contributed by atoms with Gasteiger partial charge in [-0.1, -0.05) is 57.2 Å². The molecule has 0 aliphatic heterocycles. The summed E-state index contributed by atoms with van der Waals surface area (Å²) in [6, 6.07) is 14.9. The predicted molar refractivity (Wildman–Crippen MR) is 80.6 cm³/mol. The molecular formula is C18H20. The third kappa shape index (κ3) is 2.91. The topological polar surface area (TPSA) is 0 Å². The Morgan fingerprint density at radius 3 is 2.33 bits per heavy atom. The van der Waals surface area contributed by atoms with Crippen molar-refractivity contribution in [1.29, 1.82) is 0 Å². The molecule has 2 rings (SSSR count). The molecule has 0 N–H and O–H groups in total. The lowest BCUT2D eigenvalue weighted by molar-refractivity contribution is 0.505. The normalized spacial score (nSPS) is 11.1. The van der Waals surface area contributed by atoms with E-state index in [0.29, 0.717) is 0 Å². The maximum absolute atomic E-state index is 3.40. The molecule has 0 saturated heterocycles. The molecule has 92 valence electrons. The molecule has 0 fully saturated rings. The number of hydrogen-bond acceptors (Lipinski definition) is 0. The van der Waals surface area contributed by atoms with Crippen molar-refractivity contribution >= 4 is 16.8 Å².